The number of anilines is 2. The van der Waals surface area contributed by atoms with E-state index in [0.29, 0.717) is 36.8 Å². The standard InChI is InChI=1S/C32H30ClN5O3/c33-27-7-3-6-25(22-14-23(18-34-17-22)37-10-12-41-13-11-37)30(27)20-8-9-26-28(15-20)36-32(40)38(31(26)39)29-19-35-16-21-4-1-2-5-24(21)29/h1-7,14,16-20,26,28H,8-13,15H2,(H,36,40). The van der Waals surface area contributed by atoms with Crippen LogP contribution in [0.15, 0.2) is 73.3 Å². The molecule has 8 nitrogen and oxygen atoms in total. The van der Waals surface area contributed by atoms with Gasteiger partial charge in [0.25, 0.3) is 0 Å². The largest absolute Gasteiger partial charge is 0.378 e. The van der Waals surface area contributed by atoms with E-state index in [0.717, 1.165) is 52.7 Å². The number of halogens is 1. The van der Waals surface area contributed by atoms with Crippen molar-refractivity contribution in [3.63, 3.8) is 0 Å². The fraction of sp³-hybridized carbons (Fsp3) is 0.312. The van der Waals surface area contributed by atoms with Gasteiger partial charge in [0.1, 0.15) is 0 Å². The van der Waals surface area contributed by atoms with Gasteiger partial charge in [-0.05, 0) is 48.4 Å². The van der Waals surface area contributed by atoms with E-state index >= 15 is 0 Å². The molecule has 41 heavy (non-hydrogen) atoms. The summed E-state index contributed by atoms with van der Waals surface area (Å²) in [5.74, 6) is -0.386. The van der Waals surface area contributed by atoms with E-state index in [4.69, 9.17) is 16.3 Å². The van der Waals surface area contributed by atoms with Gasteiger partial charge in [0, 0.05) is 52.9 Å². The number of benzene rings is 2. The summed E-state index contributed by atoms with van der Waals surface area (Å²) in [6.07, 6.45) is 9.19. The summed E-state index contributed by atoms with van der Waals surface area (Å²) in [6, 6.07) is 15.1. The molecule has 0 spiro atoms. The highest BCUT2D eigenvalue weighted by Gasteiger charge is 2.46. The number of nitrogens with one attached hydrogen (secondary N) is 1. The van der Waals surface area contributed by atoms with Crippen LogP contribution in [0.25, 0.3) is 21.9 Å². The molecule has 3 unspecified atom stereocenters. The van der Waals surface area contributed by atoms with Crippen LogP contribution in [0.3, 0.4) is 0 Å². The Balaban J connectivity index is 1.17. The Morgan fingerprint density at radius 1 is 0.927 bits per heavy atom. The molecule has 0 radical (unpaired) electrons. The van der Waals surface area contributed by atoms with Crippen molar-refractivity contribution in [2.75, 3.05) is 36.1 Å². The van der Waals surface area contributed by atoms with Crippen LogP contribution in [-0.2, 0) is 9.53 Å². The van der Waals surface area contributed by atoms with Crippen LogP contribution in [0.2, 0.25) is 5.02 Å². The maximum atomic E-state index is 13.8. The van der Waals surface area contributed by atoms with Gasteiger partial charge >= 0.3 is 6.03 Å². The highest BCUT2D eigenvalue weighted by Crippen LogP contribution is 2.45. The van der Waals surface area contributed by atoms with Crippen molar-refractivity contribution in [1.29, 1.82) is 0 Å². The summed E-state index contributed by atoms with van der Waals surface area (Å²) in [5.41, 5.74) is 4.68. The number of morpholine rings is 1. The van der Waals surface area contributed by atoms with Crippen molar-refractivity contribution < 1.29 is 14.3 Å². The Bertz CT molecular complexity index is 1630. The normalized spacial score (nSPS) is 22.9. The number of hydrogen-bond donors (Lipinski definition) is 1. The first-order chi connectivity index (χ1) is 20.1. The number of hydrogen-bond acceptors (Lipinski definition) is 6. The Kier molecular flexibility index (Phi) is 6.80. The molecule has 4 aromatic rings. The maximum Gasteiger partial charge on any atom is 0.329 e. The second-order valence-corrected chi connectivity index (χ2v) is 11.4. The first kappa shape index (κ1) is 25.9. The van der Waals surface area contributed by atoms with Gasteiger partial charge in [-0.15, -0.1) is 0 Å². The van der Waals surface area contributed by atoms with Crippen molar-refractivity contribution in [1.82, 2.24) is 15.3 Å². The molecule has 4 heterocycles. The predicted molar refractivity (Wildman–Crippen MR) is 159 cm³/mol. The van der Waals surface area contributed by atoms with Crippen LogP contribution < -0.4 is 15.1 Å². The van der Waals surface area contributed by atoms with E-state index in [1.54, 1.807) is 12.4 Å². The summed E-state index contributed by atoms with van der Waals surface area (Å²) < 4.78 is 5.52. The van der Waals surface area contributed by atoms with Gasteiger partial charge in [-0.1, -0.05) is 48.0 Å². The number of fused-ring (bicyclic) bond motifs is 2. The van der Waals surface area contributed by atoms with E-state index in [1.165, 1.54) is 4.90 Å². The van der Waals surface area contributed by atoms with Crippen LogP contribution in [-0.4, -0.2) is 54.3 Å². The number of carbonyl (C=O) groups excluding carboxylic acids is 2. The zero-order chi connectivity index (χ0) is 27.9. The average Bonchev–Trinajstić information content (AvgIpc) is 3.01. The minimum absolute atomic E-state index is 0.0888. The average molecular weight is 568 g/mol. The zero-order valence-corrected chi connectivity index (χ0v) is 23.3. The molecule has 2 aromatic heterocycles. The Labute approximate surface area is 243 Å². The van der Waals surface area contributed by atoms with Crippen LogP contribution in [0.5, 0.6) is 0 Å². The molecule has 3 atom stereocenters. The number of amides is 3. The monoisotopic (exact) mass is 567 g/mol. The number of urea groups is 1. The quantitative estimate of drug-likeness (QED) is 0.335. The number of imide groups is 1. The molecule has 3 fully saturated rings. The Morgan fingerprint density at radius 2 is 1.76 bits per heavy atom. The van der Waals surface area contributed by atoms with E-state index in [-0.39, 0.29) is 23.8 Å². The molecule has 2 aromatic carbocycles. The van der Waals surface area contributed by atoms with Gasteiger partial charge in [0.05, 0.1) is 42.9 Å². The van der Waals surface area contributed by atoms with Gasteiger partial charge < -0.3 is 15.0 Å². The van der Waals surface area contributed by atoms with Crippen molar-refractivity contribution in [2.45, 2.75) is 31.2 Å². The highest BCUT2D eigenvalue weighted by molar-refractivity contribution is 6.32. The number of carbonyl (C=O) groups is 2. The molecule has 3 amide bonds. The topological polar surface area (TPSA) is 87.7 Å². The second-order valence-electron chi connectivity index (χ2n) is 11.0. The fourth-order valence-corrected chi connectivity index (χ4v) is 6.99. The Hall–Kier alpha value is -4.01. The summed E-state index contributed by atoms with van der Waals surface area (Å²) in [7, 11) is 0. The lowest BCUT2D eigenvalue weighted by Crippen LogP contribution is -2.61. The van der Waals surface area contributed by atoms with Crippen LogP contribution in [0.1, 0.15) is 30.7 Å². The van der Waals surface area contributed by atoms with Gasteiger partial charge in [-0.2, -0.15) is 0 Å². The molecule has 9 heteroatoms. The molecule has 1 aliphatic carbocycles. The molecule has 3 aliphatic rings. The Morgan fingerprint density at radius 3 is 2.63 bits per heavy atom. The maximum absolute atomic E-state index is 13.8. The summed E-state index contributed by atoms with van der Waals surface area (Å²) in [4.78, 5) is 39.6. The number of aromatic nitrogens is 2. The summed E-state index contributed by atoms with van der Waals surface area (Å²) in [5, 5.41) is 5.56. The summed E-state index contributed by atoms with van der Waals surface area (Å²) in [6.45, 7) is 3.07. The van der Waals surface area contributed by atoms with Gasteiger partial charge in [-0.25, -0.2) is 9.69 Å². The predicted octanol–water partition coefficient (Wildman–Crippen LogP) is 5.80. The van der Waals surface area contributed by atoms with Crippen molar-refractivity contribution >= 4 is 45.7 Å². The van der Waals surface area contributed by atoms with Gasteiger partial charge in [0.15, 0.2) is 0 Å². The molecule has 1 N–H and O–H groups in total. The van der Waals surface area contributed by atoms with Crippen LogP contribution in [0, 0.1) is 5.92 Å². The summed E-state index contributed by atoms with van der Waals surface area (Å²) >= 11 is 6.88. The van der Waals surface area contributed by atoms with E-state index in [1.807, 2.05) is 48.8 Å². The number of rotatable bonds is 4. The first-order valence-electron chi connectivity index (χ1n) is 14.1. The molecule has 1 saturated carbocycles. The molecule has 0 bridgehead atoms. The molecular formula is C32H30ClN5O3. The van der Waals surface area contributed by atoms with Crippen molar-refractivity contribution in [2.24, 2.45) is 5.92 Å². The third kappa shape index (κ3) is 4.71. The number of ether oxygens (including phenoxy) is 1. The third-order valence-corrected chi connectivity index (χ3v) is 8.99. The molecule has 2 aliphatic heterocycles. The minimum atomic E-state index is -0.406. The lowest BCUT2D eigenvalue weighted by atomic mass is 9.72. The second kappa shape index (κ2) is 10.8. The van der Waals surface area contributed by atoms with Gasteiger partial charge in [-0.3, -0.25) is 14.8 Å². The van der Waals surface area contributed by atoms with E-state index < -0.39 is 6.03 Å². The van der Waals surface area contributed by atoms with E-state index in [2.05, 4.69) is 32.3 Å². The number of pyridine rings is 2. The van der Waals surface area contributed by atoms with Crippen LogP contribution >= 0.6 is 11.6 Å². The molecule has 7 rings (SSSR count). The molecule has 2 saturated heterocycles. The van der Waals surface area contributed by atoms with E-state index in [9.17, 15) is 9.59 Å². The SMILES string of the molecule is O=C1NC2CC(c3c(Cl)cccc3-c3cncc(N4CCOCC4)c3)CCC2C(=O)N1c1cncc2ccccc12. The first-order valence-corrected chi connectivity index (χ1v) is 14.5. The molecular weight excluding hydrogens is 538 g/mol. The van der Waals surface area contributed by atoms with Gasteiger partial charge in [0.2, 0.25) is 5.91 Å². The lowest BCUT2D eigenvalue weighted by molar-refractivity contribution is -0.124. The minimum Gasteiger partial charge on any atom is -0.378 e. The smallest absolute Gasteiger partial charge is 0.329 e. The van der Waals surface area contributed by atoms with Crippen LogP contribution in [0.4, 0.5) is 16.2 Å². The highest BCUT2D eigenvalue weighted by atomic mass is 35.5. The molecule has 208 valence electrons. The lowest BCUT2D eigenvalue weighted by Gasteiger charge is -2.43. The number of nitrogens with zero attached hydrogens (tertiary/aromatic N) is 4. The fourth-order valence-electron chi connectivity index (χ4n) is 6.66. The third-order valence-electron chi connectivity index (χ3n) is 8.66. The zero-order valence-electron chi connectivity index (χ0n) is 22.5. The van der Waals surface area contributed by atoms with Crippen molar-refractivity contribution in [3.8, 4) is 11.1 Å². The van der Waals surface area contributed by atoms with Crippen molar-refractivity contribution in [3.05, 3.63) is 83.9 Å².